The molecule has 2 N–H and O–H groups in total. The first-order valence-electron chi connectivity index (χ1n) is 10.9. The molecule has 0 atom stereocenters. The molecule has 180 valence electrons. The molecule has 0 saturated carbocycles. The highest BCUT2D eigenvalue weighted by Crippen LogP contribution is 2.31. The molecular weight excluding hydrogens is 470 g/mol. The predicted molar refractivity (Wildman–Crippen MR) is 133 cm³/mol. The number of amides is 3. The van der Waals surface area contributed by atoms with Crippen molar-refractivity contribution in [2.24, 2.45) is 0 Å². The quantitative estimate of drug-likeness (QED) is 0.487. The van der Waals surface area contributed by atoms with Gasteiger partial charge in [0.2, 0.25) is 0 Å². The summed E-state index contributed by atoms with van der Waals surface area (Å²) in [6, 6.07) is 16.8. The number of urea groups is 1. The van der Waals surface area contributed by atoms with Crippen LogP contribution in [-0.2, 0) is 17.7 Å². The maximum Gasteiger partial charge on any atom is 0.339 e. The number of hydrogen-bond donors (Lipinski definition) is 2. The van der Waals surface area contributed by atoms with E-state index in [1.165, 1.54) is 19.2 Å². The van der Waals surface area contributed by atoms with Gasteiger partial charge in [0.25, 0.3) is 5.91 Å². The number of fused-ring (bicyclic) bond motifs is 1. The van der Waals surface area contributed by atoms with Gasteiger partial charge in [-0.05, 0) is 66.1 Å². The largest absolute Gasteiger partial charge is 0.497 e. The minimum absolute atomic E-state index is 0.0921. The number of carbonyl (C=O) groups is 3. The zero-order chi connectivity index (χ0) is 24.9. The van der Waals surface area contributed by atoms with E-state index >= 15 is 0 Å². The number of hydrogen-bond acceptors (Lipinski definition) is 5. The number of benzene rings is 3. The molecule has 1 aliphatic heterocycles. The molecule has 0 saturated heterocycles. The number of halogens is 1. The van der Waals surface area contributed by atoms with Crippen LogP contribution in [0.1, 0.15) is 31.8 Å². The van der Waals surface area contributed by atoms with E-state index in [0.717, 1.165) is 23.2 Å². The lowest BCUT2D eigenvalue weighted by Gasteiger charge is -2.18. The van der Waals surface area contributed by atoms with E-state index in [2.05, 4.69) is 10.6 Å². The van der Waals surface area contributed by atoms with Gasteiger partial charge in [-0.1, -0.05) is 23.7 Å². The number of nitrogens with zero attached hydrogens (tertiary/aromatic N) is 1. The van der Waals surface area contributed by atoms with Crippen molar-refractivity contribution in [2.45, 2.75) is 13.0 Å². The van der Waals surface area contributed by atoms with Crippen LogP contribution < -0.4 is 20.3 Å². The standard InChI is InChI=1S/C26H24ClN3O5/c1-34-20-8-5-18(6-9-20)24(31)30-12-11-17-4-3-16(13-23(17)30)15-28-26(33)29-22-14-19(27)7-10-21(22)25(32)35-2/h3-10,13-14H,11-12,15H2,1-2H3,(H2,28,29,33). The third-order valence-corrected chi connectivity index (χ3v) is 5.95. The smallest absolute Gasteiger partial charge is 0.339 e. The van der Waals surface area contributed by atoms with Crippen LogP contribution in [0.25, 0.3) is 0 Å². The summed E-state index contributed by atoms with van der Waals surface area (Å²) in [6.07, 6.45) is 0.760. The van der Waals surface area contributed by atoms with Crippen LogP contribution in [0.5, 0.6) is 5.75 Å². The first-order chi connectivity index (χ1) is 16.9. The third-order valence-electron chi connectivity index (χ3n) is 5.72. The molecule has 0 fully saturated rings. The Morgan fingerprint density at radius 1 is 1.00 bits per heavy atom. The maximum absolute atomic E-state index is 13.1. The van der Waals surface area contributed by atoms with Gasteiger partial charge < -0.3 is 25.0 Å². The summed E-state index contributed by atoms with van der Waals surface area (Å²) in [6.45, 7) is 0.806. The number of carbonyl (C=O) groups excluding carboxylic acids is 3. The molecule has 8 nitrogen and oxygen atoms in total. The molecule has 9 heteroatoms. The van der Waals surface area contributed by atoms with Gasteiger partial charge in [0, 0.05) is 29.4 Å². The van der Waals surface area contributed by atoms with E-state index in [-0.39, 0.29) is 23.7 Å². The highest BCUT2D eigenvalue weighted by molar-refractivity contribution is 6.31. The first kappa shape index (κ1) is 24.1. The van der Waals surface area contributed by atoms with Crippen LogP contribution in [0.3, 0.4) is 0 Å². The molecule has 0 spiro atoms. The van der Waals surface area contributed by atoms with Crippen molar-refractivity contribution in [3.8, 4) is 5.75 Å². The molecular formula is C26H24ClN3O5. The van der Waals surface area contributed by atoms with Gasteiger partial charge in [-0.25, -0.2) is 9.59 Å². The Hall–Kier alpha value is -4.04. The fraction of sp³-hybridized carbons (Fsp3) is 0.192. The summed E-state index contributed by atoms with van der Waals surface area (Å²) in [5.74, 6) is 0.00856. The Bertz CT molecular complexity index is 1280. The van der Waals surface area contributed by atoms with Crippen molar-refractivity contribution in [1.82, 2.24) is 5.32 Å². The summed E-state index contributed by atoms with van der Waals surface area (Å²) in [5.41, 5.74) is 3.73. The van der Waals surface area contributed by atoms with Gasteiger partial charge in [0.1, 0.15) is 5.75 Å². The molecule has 1 heterocycles. The zero-order valence-electron chi connectivity index (χ0n) is 19.3. The lowest BCUT2D eigenvalue weighted by atomic mass is 10.1. The van der Waals surface area contributed by atoms with E-state index in [1.54, 1.807) is 42.3 Å². The molecule has 0 bridgehead atoms. The number of esters is 1. The summed E-state index contributed by atoms with van der Waals surface area (Å²) in [4.78, 5) is 39.3. The van der Waals surface area contributed by atoms with E-state index in [1.807, 2.05) is 18.2 Å². The monoisotopic (exact) mass is 493 g/mol. The minimum Gasteiger partial charge on any atom is -0.497 e. The lowest BCUT2D eigenvalue weighted by molar-refractivity contribution is 0.0601. The Labute approximate surface area is 207 Å². The van der Waals surface area contributed by atoms with E-state index in [4.69, 9.17) is 21.1 Å². The van der Waals surface area contributed by atoms with Gasteiger partial charge in [-0.15, -0.1) is 0 Å². The molecule has 0 unspecified atom stereocenters. The first-order valence-corrected chi connectivity index (χ1v) is 11.3. The van der Waals surface area contributed by atoms with Gasteiger partial charge in [-0.3, -0.25) is 4.79 Å². The minimum atomic E-state index is -0.586. The summed E-state index contributed by atoms with van der Waals surface area (Å²) < 4.78 is 9.92. The van der Waals surface area contributed by atoms with Crippen LogP contribution in [0.2, 0.25) is 5.02 Å². The van der Waals surface area contributed by atoms with Crippen molar-refractivity contribution < 1.29 is 23.9 Å². The van der Waals surface area contributed by atoms with Crippen LogP contribution in [-0.4, -0.2) is 38.7 Å². The van der Waals surface area contributed by atoms with Crippen LogP contribution in [0, 0.1) is 0 Å². The maximum atomic E-state index is 13.1. The van der Waals surface area contributed by atoms with Gasteiger partial charge in [0.15, 0.2) is 0 Å². The van der Waals surface area contributed by atoms with E-state index in [9.17, 15) is 14.4 Å². The topological polar surface area (TPSA) is 97.0 Å². The number of anilines is 2. The van der Waals surface area contributed by atoms with E-state index in [0.29, 0.717) is 22.9 Å². The Kier molecular flexibility index (Phi) is 7.22. The van der Waals surface area contributed by atoms with Crippen molar-refractivity contribution in [3.63, 3.8) is 0 Å². The Morgan fingerprint density at radius 3 is 2.49 bits per heavy atom. The summed E-state index contributed by atoms with van der Waals surface area (Å²) >= 11 is 6.01. The molecule has 4 rings (SSSR count). The van der Waals surface area contributed by atoms with Crippen molar-refractivity contribution in [2.75, 3.05) is 31.0 Å². The fourth-order valence-corrected chi connectivity index (χ4v) is 4.06. The van der Waals surface area contributed by atoms with Gasteiger partial charge in [-0.2, -0.15) is 0 Å². The predicted octanol–water partition coefficient (Wildman–Crippen LogP) is 4.66. The van der Waals surface area contributed by atoms with Crippen LogP contribution >= 0.6 is 11.6 Å². The molecule has 3 amide bonds. The summed E-state index contributed by atoms with van der Waals surface area (Å²) in [5, 5.41) is 5.77. The SMILES string of the molecule is COC(=O)c1ccc(Cl)cc1NC(=O)NCc1ccc2c(c1)N(C(=O)c1ccc(OC)cc1)CC2. The van der Waals surface area contributed by atoms with E-state index < -0.39 is 12.0 Å². The Balaban J connectivity index is 1.44. The molecule has 35 heavy (non-hydrogen) atoms. The molecule has 3 aromatic rings. The fourth-order valence-electron chi connectivity index (χ4n) is 3.89. The number of rotatable bonds is 6. The second-order valence-corrected chi connectivity index (χ2v) is 8.32. The average molecular weight is 494 g/mol. The molecule has 0 aliphatic carbocycles. The number of methoxy groups -OCH3 is 2. The van der Waals surface area contributed by atoms with Crippen molar-refractivity contribution in [3.05, 3.63) is 87.9 Å². The molecule has 0 aromatic heterocycles. The average Bonchev–Trinajstić information content (AvgIpc) is 3.30. The van der Waals surface area contributed by atoms with Crippen LogP contribution in [0.4, 0.5) is 16.2 Å². The van der Waals surface area contributed by atoms with Crippen molar-refractivity contribution in [1.29, 1.82) is 0 Å². The zero-order valence-corrected chi connectivity index (χ0v) is 20.0. The van der Waals surface area contributed by atoms with Gasteiger partial charge in [0.05, 0.1) is 25.5 Å². The third kappa shape index (κ3) is 5.38. The van der Waals surface area contributed by atoms with Gasteiger partial charge >= 0.3 is 12.0 Å². The Morgan fingerprint density at radius 2 is 1.77 bits per heavy atom. The molecule has 3 aromatic carbocycles. The number of nitrogens with one attached hydrogen (secondary N) is 2. The van der Waals surface area contributed by atoms with Crippen LogP contribution in [0.15, 0.2) is 60.7 Å². The normalized spacial score (nSPS) is 12.0. The highest BCUT2D eigenvalue weighted by Gasteiger charge is 2.26. The summed E-state index contributed by atoms with van der Waals surface area (Å²) in [7, 11) is 2.84. The number of ether oxygens (including phenoxy) is 2. The lowest BCUT2D eigenvalue weighted by Crippen LogP contribution is -2.30. The molecule has 1 aliphatic rings. The second-order valence-electron chi connectivity index (χ2n) is 7.89. The highest BCUT2D eigenvalue weighted by atomic mass is 35.5. The van der Waals surface area contributed by atoms with Crippen molar-refractivity contribution >= 4 is 40.9 Å². The second kappa shape index (κ2) is 10.5. The molecule has 0 radical (unpaired) electrons.